The fraction of sp³-hybridized carbons (Fsp3) is 0. The highest BCUT2D eigenvalue weighted by atomic mass is 15.1. The van der Waals surface area contributed by atoms with Crippen LogP contribution in [0.4, 0.5) is 17.1 Å². The van der Waals surface area contributed by atoms with E-state index in [4.69, 9.17) is 11.0 Å². The molecule has 0 saturated carbocycles. The summed E-state index contributed by atoms with van der Waals surface area (Å²) in [6.07, 6.45) is 0. The van der Waals surface area contributed by atoms with E-state index in [0.717, 1.165) is 39.1 Å². The van der Waals surface area contributed by atoms with Gasteiger partial charge in [-0.1, -0.05) is 164 Å². The van der Waals surface area contributed by atoms with E-state index in [1.54, 1.807) is 11.0 Å². The molecule has 0 aliphatic carbocycles. The summed E-state index contributed by atoms with van der Waals surface area (Å²) < 4.78 is 126. The van der Waals surface area contributed by atoms with Gasteiger partial charge in [-0.05, 0) is 109 Å². The molecule has 0 unspecified atom stereocenters. The highest BCUT2D eigenvalue weighted by molar-refractivity contribution is 6.00. The molecule has 1 heteroatoms. The number of anilines is 3. The van der Waals surface area contributed by atoms with E-state index in [9.17, 15) is 8.22 Å². The predicted octanol–water partition coefficient (Wildman–Crippen LogP) is 14.1. The van der Waals surface area contributed by atoms with Crippen LogP contribution < -0.4 is 4.90 Å². The first-order valence-electron chi connectivity index (χ1n) is 23.4. The molecule has 9 rings (SSSR count). The van der Waals surface area contributed by atoms with Gasteiger partial charge in [0.25, 0.3) is 0 Å². The van der Waals surface area contributed by atoms with Crippen molar-refractivity contribution in [3.05, 3.63) is 212 Å². The summed E-state index contributed by atoms with van der Waals surface area (Å²) in [4.78, 5) is 1.64. The Kier molecular flexibility index (Phi) is 4.93. The summed E-state index contributed by atoms with van der Waals surface area (Å²) >= 11 is 0. The van der Waals surface area contributed by atoms with Gasteiger partial charge >= 0.3 is 0 Å². The molecule has 0 fully saturated rings. The van der Waals surface area contributed by atoms with E-state index >= 15 is 0 Å². The lowest BCUT2D eigenvalue weighted by atomic mass is 9.93. The van der Waals surface area contributed by atoms with Crippen LogP contribution in [0.1, 0.15) is 19.2 Å². The van der Waals surface area contributed by atoms with Gasteiger partial charge < -0.3 is 4.90 Å². The third-order valence-corrected chi connectivity index (χ3v) is 8.79. The van der Waals surface area contributed by atoms with Crippen molar-refractivity contribution in [2.75, 3.05) is 4.90 Å². The van der Waals surface area contributed by atoms with Gasteiger partial charge in [0.2, 0.25) is 0 Å². The van der Waals surface area contributed by atoms with Crippen molar-refractivity contribution in [1.29, 1.82) is 0 Å². The van der Waals surface area contributed by atoms with Crippen LogP contribution in [0.25, 0.3) is 66.1 Å². The SMILES string of the molecule is [2H]c1cc2c(-c3c([2H])c([2H])c([2H])c([2H])c3[2H])c([2H])c(-c3c([2H])c([2H])c(N(c4ccc(-c5ccc6ccccc6c5)cc4)c4ccccc4-c4ccccc4)c([2H])c3[2H])c([2H])c2c([2H])c1[2H]. The topological polar surface area (TPSA) is 3.24 Å². The van der Waals surface area contributed by atoms with Crippen LogP contribution in [0.15, 0.2) is 212 Å². The van der Waals surface area contributed by atoms with Crippen LogP contribution in [0, 0.1) is 0 Å². The summed E-state index contributed by atoms with van der Waals surface area (Å²) in [5.41, 5.74) is 2.39. The molecular formula is C50H35N. The van der Waals surface area contributed by atoms with Gasteiger partial charge in [0.05, 0.1) is 24.9 Å². The third-order valence-electron chi connectivity index (χ3n) is 8.79. The fourth-order valence-electron chi connectivity index (χ4n) is 6.32. The second kappa shape index (κ2) is 13.3. The van der Waals surface area contributed by atoms with Gasteiger partial charge in [-0.25, -0.2) is 0 Å². The molecule has 0 aliphatic rings. The summed E-state index contributed by atoms with van der Waals surface area (Å²) in [5.74, 6) is 0. The molecule has 0 radical (unpaired) electrons. The molecule has 9 aromatic rings. The van der Waals surface area contributed by atoms with Crippen molar-refractivity contribution >= 4 is 38.6 Å². The summed E-state index contributed by atoms with van der Waals surface area (Å²) in [6.45, 7) is 0. The Bertz CT molecular complexity index is 3370. The molecule has 0 atom stereocenters. The lowest BCUT2D eigenvalue weighted by molar-refractivity contribution is 1.28. The van der Waals surface area contributed by atoms with Gasteiger partial charge in [0.1, 0.15) is 0 Å². The number of hydrogen-bond acceptors (Lipinski definition) is 1. The van der Waals surface area contributed by atoms with Gasteiger partial charge in [-0.15, -0.1) is 0 Å². The van der Waals surface area contributed by atoms with Gasteiger partial charge in [0.15, 0.2) is 0 Å². The molecule has 1 nitrogen and oxygen atoms in total. The second-order valence-electron chi connectivity index (χ2n) is 11.9. The van der Waals surface area contributed by atoms with Gasteiger partial charge in [-0.3, -0.25) is 0 Å². The first-order chi connectivity index (χ1) is 31.1. The molecule has 9 aromatic carbocycles. The standard InChI is InChI=1S/C50H35N/c1-3-14-39(15-4-1)48-21-11-12-22-50(48)51(45-29-25-37(26-30-45)42-24-23-36-13-7-8-18-41(36)33-42)46-31-27-38(28-32-46)44-34-43-19-9-10-20-47(43)49(35-44)40-16-5-2-6-17-40/h1-35H/i2D,5D,6D,9D,10D,16D,17D,19D,27D,28D,31D,32D,34D,35D. The molecule has 0 bridgehead atoms. The van der Waals surface area contributed by atoms with Gasteiger partial charge in [-0.2, -0.15) is 0 Å². The van der Waals surface area contributed by atoms with E-state index in [1.807, 2.05) is 109 Å². The van der Waals surface area contributed by atoms with Crippen molar-refractivity contribution in [2.24, 2.45) is 0 Å². The van der Waals surface area contributed by atoms with Crippen molar-refractivity contribution in [3.63, 3.8) is 0 Å². The number of benzene rings is 9. The van der Waals surface area contributed by atoms with E-state index in [1.165, 1.54) is 0 Å². The molecule has 0 aromatic heterocycles. The minimum absolute atomic E-state index is 0.149. The Morgan fingerprint density at radius 3 is 1.88 bits per heavy atom. The second-order valence-corrected chi connectivity index (χ2v) is 11.9. The number of hydrogen-bond donors (Lipinski definition) is 0. The summed E-state index contributed by atoms with van der Waals surface area (Å²) in [6, 6.07) is 30.7. The quantitative estimate of drug-likeness (QED) is 0.164. The van der Waals surface area contributed by atoms with Crippen molar-refractivity contribution < 1.29 is 19.2 Å². The van der Waals surface area contributed by atoms with Crippen molar-refractivity contribution in [2.45, 2.75) is 0 Å². The van der Waals surface area contributed by atoms with Crippen LogP contribution in [-0.2, 0) is 0 Å². The maximum atomic E-state index is 9.68. The van der Waals surface area contributed by atoms with E-state index in [2.05, 4.69) is 6.07 Å². The average molecular weight is 664 g/mol. The predicted molar refractivity (Wildman–Crippen MR) is 218 cm³/mol. The monoisotopic (exact) mass is 663 g/mol. The Morgan fingerprint density at radius 1 is 0.353 bits per heavy atom. The number of fused-ring (bicyclic) bond motifs is 2. The van der Waals surface area contributed by atoms with E-state index < -0.39 is 101 Å². The zero-order valence-electron chi connectivity index (χ0n) is 41.1. The highest BCUT2D eigenvalue weighted by Crippen LogP contribution is 2.42. The lowest BCUT2D eigenvalue weighted by Crippen LogP contribution is -2.11. The van der Waals surface area contributed by atoms with Crippen LogP contribution in [0.2, 0.25) is 0 Å². The molecule has 0 N–H and O–H groups in total. The molecule has 0 saturated heterocycles. The maximum Gasteiger partial charge on any atom is 0.0645 e. The zero-order chi connectivity index (χ0) is 46.2. The van der Waals surface area contributed by atoms with Crippen LogP contribution in [0.5, 0.6) is 0 Å². The molecule has 0 heterocycles. The minimum Gasteiger partial charge on any atom is -0.310 e. The number of nitrogens with zero attached hydrogens (tertiary/aromatic N) is 1. The van der Waals surface area contributed by atoms with Gasteiger partial charge in [0, 0.05) is 16.9 Å². The van der Waals surface area contributed by atoms with E-state index in [-0.39, 0.29) is 22.0 Å². The van der Waals surface area contributed by atoms with Crippen LogP contribution in [0.3, 0.4) is 0 Å². The third kappa shape index (κ3) is 5.96. The highest BCUT2D eigenvalue weighted by Gasteiger charge is 2.18. The molecule has 0 spiro atoms. The minimum atomic E-state index is -0.728. The number of rotatable bonds is 7. The Morgan fingerprint density at radius 2 is 1.06 bits per heavy atom. The number of para-hydroxylation sites is 1. The smallest absolute Gasteiger partial charge is 0.0645 e. The molecule has 51 heavy (non-hydrogen) atoms. The molecular weight excluding hydrogens is 615 g/mol. The van der Waals surface area contributed by atoms with Crippen LogP contribution in [-0.4, -0.2) is 0 Å². The summed E-state index contributed by atoms with van der Waals surface area (Å²) in [5, 5.41) is 1.64. The molecule has 0 aliphatic heterocycles. The van der Waals surface area contributed by atoms with Crippen LogP contribution >= 0.6 is 0 Å². The Labute approximate surface area is 319 Å². The largest absolute Gasteiger partial charge is 0.310 e. The van der Waals surface area contributed by atoms with Crippen molar-refractivity contribution in [3.8, 4) is 44.5 Å². The lowest BCUT2D eigenvalue weighted by Gasteiger charge is -2.28. The zero-order valence-corrected chi connectivity index (χ0v) is 27.1. The van der Waals surface area contributed by atoms with Crippen molar-refractivity contribution in [1.82, 2.24) is 0 Å². The molecule has 240 valence electrons. The van der Waals surface area contributed by atoms with E-state index in [0.29, 0.717) is 11.4 Å². The fourth-order valence-corrected chi connectivity index (χ4v) is 6.32. The average Bonchev–Trinajstić information content (AvgIpc) is 3.32. The normalized spacial score (nSPS) is 15.0. The molecule has 0 amide bonds. The first-order valence-corrected chi connectivity index (χ1v) is 16.4. The Balaban J connectivity index is 1.32. The summed E-state index contributed by atoms with van der Waals surface area (Å²) in [7, 11) is 0. The Hall–Kier alpha value is -6.70. The maximum absolute atomic E-state index is 9.68. The first kappa shape index (κ1) is 18.9.